The van der Waals surface area contributed by atoms with Crippen molar-refractivity contribution in [2.75, 3.05) is 7.11 Å². The van der Waals surface area contributed by atoms with E-state index in [1.807, 2.05) is 19.4 Å². The standard InChI is InChI=1S/C12H20N2O2/c1-14-9-10(8-13-14)7-12(15)6-4-3-5-11(12)16-2/h8-9,11,15H,3-7H2,1-2H3. The highest BCUT2D eigenvalue weighted by molar-refractivity contribution is 5.10. The summed E-state index contributed by atoms with van der Waals surface area (Å²) < 4.78 is 7.18. The fraction of sp³-hybridized carbons (Fsp3) is 0.750. The Balaban J connectivity index is 2.10. The Morgan fingerprint density at radius 2 is 2.44 bits per heavy atom. The van der Waals surface area contributed by atoms with Crippen LogP contribution >= 0.6 is 0 Å². The van der Waals surface area contributed by atoms with Crippen LogP contribution in [0.3, 0.4) is 0 Å². The molecule has 2 rings (SSSR count). The van der Waals surface area contributed by atoms with Crippen molar-refractivity contribution in [3.05, 3.63) is 18.0 Å². The molecule has 0 amide bonds. The van der Waals surface area contributed by atoms with Gasteiger partial charge in [-0.3, -0.25) is 4.68 Å². The Labute approximate surface area is 96.2 Å². The molecule has 1 fully saturated rings. The fourth-order valence-electron chi connectivity index (χ4n) is 2.65. The maximum absolute atomic E-state index is 10.6. The van der Waals surface area contributed by atoms with Crippen molar-refractivity contribution in [1.29, 1.82) is 0 Å². The molecule has 4 heteroatoms. The summed E-state index contributed by atoms with van der Waals surface area (Å²) in [6.45, 7) is 0. The molecule has 16 heavy (non-hydrogen) atoms. The van der Waals surface area contributed by atoms with Gasteiger partial charge in [0.15, 0.2) is 0 Å². The van der Waals surface area contributed by atoms with Gasteiger partial charge in [0.2, 0.25) is 0 Å². The molecule has 90 valence electrons. The second-order valence-electron chi connectivity index (χ2n) is 4.77. The summed E-state index contributed by atoms with van der Waals surface area (Å²) in [5.41, 5.74) is 0.365. The zero-order valence-electron chi connectivity index (χ0n) is 10.0. The SMILES string of the molecule is COC1CCCCC1(O)Cc1cnn(C)c1. The van der Waals surface area contributed by atoms with E-state index in [1.165, 1.54) is 0 Å². The van der Waals surface area contributed by atoms with Crippen LogP contribution in [0.25, 0.3) is 0 Å². The minimum Gasteiger partial charge on any atom is -0.387 e. The first-order valence-electron chi connectivity index (χ1n) is 5.87. The van der Waals surface area contributed by atoms with E-state index in [0.717, 1.165) is 31.2 Å². The molecule has 0 bridgehead atoms. The van der Waals surface area contributed by atoms with Crippen molar-refractivity contribution >= 4 is 0 Å². The summed E-state index contributed by atoms with van der Waals surface area (Å²) in [7, 11) is 3.58. The van der Waals surface area contributed by atoms with E-state index in [1.54, 1.807) is 11.8 Å². The molecule has 1 aliphatic rings. The molecule has 1 heterocycles. The van der Waals surface area contributed by atoms with Gasteiger partial charge < -0.3 is 9.84 Å². The Bertz CT molecular complexity index is 351. The molecule has 0 aliphatic heterocycles. The Hall–Kier alpha value is -0.870. The first-order valence-corrected chi connectivity index (χ1v) is 5.87. The molecule has 1 N–H and O–H groups in total. The third kappa shape index (κ3) is 2.28. The van der Waals surface area contributed by atoms with E-state index < -0.39 is 5.60 Å². The van der Waals surface area contributed by atoms with Crippen LogP contribution in [0.1, 0.15) is 31.2 Å². The van der Waals surface area contributed by atoms with Crippen LogP contribution in [0.2, 0.25) is 0 Å². The minimum atomic E-state index is -0.712. The van der Waals surface area contributed by atoms with E-state index in [0.29, 0.717) is 6.42 Å². The number of aromatic nitrogens is 2. The third-order valence-electron chi connectivity index (χ3n) is 3.48. The minimum absolute atomic E-state index is 0.0403. The van der Waals surface area contributed by atoms with Gasteiger partial charge in [0.1, 0.15) is 0 Å². The van der Waals surface area contributed by atoms with Crippen molar-refractivity contribution in [2.24, 2.45) is 7.05 Å². The van der Waals surface area contributed by atoms with Gasteiger partial charge in [-0.1, -0.05) is 12.8 Å². The molecule has 0 radical (unpaired) electrons. The van der Waals surface area contributed by atoms with E-state index in [4.69, 9.17) is 4.74 Å². The number of methoxy groups -OCH3 is 1. The molecule has 1 aliphatic carbocycles. The molecule has 0 spiro atoms. The predicted octanol–water partition coefficient (Wildman–Crippen LogP) is 1.28. The molecule has 2 atom stereocenters. The molecule has 4 nitrogen and oxygen atoms in total. The summed E-state index contributed by atoms with van der Waals surface area (Å²) in [6, 6.07) is 0. The summed E-state index contributed by atoms with van der Waals surface area (Å²) in [6.07, 6.45) is 8.37. The van der Waals surface area contributed by atoms with Gasteiger partial charge in [0, 0.05) is 26.8 Å². The van der Waals surface area contributed by atoms with Crippen LogP contribution in [0.4, 0.5) is 0 Å². The molecule has 1 aromatic heterocycles. The number of aliphatic hydroxyl groups is 1. The van der Waals surface area contributed by atoms with Crippen molar-refractivity contribution in [1.82, 2.24) is 9.78 Å². The number of aryl methyl sites for hydroxylation is 1. The fourth-order valence-corrected chi connectivity index (χ4v) is 2.65. The average Bonchev–Trinajstić information content (AvgIpc) is 2.64. The van der Waals surface area contributed by atoms with Crippen LogP contribution in [-0.2, 0) is 18.2 Å². The highest BCUT2D eigenvalue weighted by atomic mass is 16.5. The van der Waals surface area contributed by atoms with Crippen molar-refractivity contribution in [3.63, 3.8) is 0 Å². The molecule has 2 unspecified atom stereocenters. The largest absolute Gasteiger partial charge is 0.387 e. The van der Waals surface area contributed by atoms with E-state index >= 15 is 0 Å². The molecule has 0 saturated heterocycles. The number of ether oxygens (including phenoxy) is 1. The zero-order valence-corrected chi connectivity index (χ0v) is 10.0. The highest BCUT2D eigenvalue weighted by Gasteiger charge is 2.39. The number of nitrogens with zero attached hydrogens (tertiary/aromatic N) is 2. The van der Waals surface area contributed by atoms with Gasteiger partial charge in [-0.2, -0.15) is 5.10 Å². The van der Waals surface area contributed by atoms with Crippen LogP contribution < -0.4 is 0 Å². The quantitative estimate of drug-likeness (QED) is 0.841. The molecule has 1 saturated carbocycles. The zero-order chi connectivity index (χ0) is 11.6. The average molecular weight is 224 g/mol. The maximum Gasteiger partial charge on any atom is 0.0949 e. The summed E-state index contributed by atoms with van der Waals surface area (Å²) in [5.74, 6) is 0. The second-order valence-corrected chi connectivity index (χ2v) is 4.77. The van der Waals surface area contributed by atoms with Gasteiger partial charge in [0.25, 0.3) is 0 Å². The molecular formula is C12H20N2O2. The lowest BCUT2D eigenvalue weighted by Gasteiger charge is -2.38. The lowest BCUT2D eigenvalue weighted by atomic mass is 9.78. The van der Waals surface area contributed by atoms with Crippen molar-refractivity contribution in [3.8, 4) is 0 Å². The van der Waals surface area contributed by atoms with Gasteiger partial charge >= 0.3 is 0 Å². The molecule has 0 aromatic carbocycles. The summed E-state index contributed by atoms with van der Waals surface area (Å²) >= 11 is 0. The summed E-state index contributed by atoms with van der Waals surface area (Å²) in [5, 5.41) is 14.8. The smallest absolute Gasteiger partial charge is 0.0949 e. The Morgan fingerprint density at radius 1 is 1.62 bits per heavy atom. The number of hydrogen-bond donors (Lipinski definition) is 1. The Morgan fingerprint density at radius 3 is 3.06 bits per heavy atom. The van der Waals surface area contributed by atoms with Crippen LogP contribution in [0.15, 0.2) is 12.4 Å². The van der Waals surface area contributed by atoms with E-state index in [-0.39, 0.29) is 6.10 Å². The first kappa shape index (κ1) is 11.6. The first-order chi connectivity index (χ1) is 7.64. The van der Waals surface area contributed by atoms with Gasteiger partial charge in [-0.25, -0.2) is 0 Å². The topological polar surface area (TPSA) is 47.3 Å². The van der Waals surface area contributed by atoms with Gasteiger partial charge in [-0.15, -0.1) is 0 Å². The number of hydrogen-bond acceptors (Lipinski definition) is 3. The van der Waals surface area contributed by atoms with Crippen molar-refractivity contribution < 1.29 is 9.84 Å². The lowest BCUT2D eigenvalue weighted by molar-refractivity contribution is -0.116. The monoisotopic (exact) mass is 224 g/mol. The Kier molecular flexibility index (Phi) is 3.30. The lowest BCUT2D eigenvalue weighted by Crippen LogP contribution is -2.47. The molecule has 1 aromatic rings. The van der Waals surface area contributed by atoms with Crippen LogP contribution in [-0.4, -0.2) is 33.7 Å². The van der Waals surface area contributed by atoms with Crippen LogP contribution in [0.5, 0.6) is 0 Å². The predicted molar refractivity (Wildman–Crippen MR) is 61.1 cm³/mol. The number of rotatable bonds is 3. The molecular weight excluding hydrogens is 204 g/mol. The normalized spacial score (nSPS) is 30.6. The highest BCUT2D eigenvalue weighted by Crippen LogP contribution is 2.33. The van der Waals surface area contributed by atoms with E-state index in [9.17, 15) is 5.11 Å². The second kappa shape index (κ2) is 4.55. The van der Waals surface area contributed by atoms with Crippen LogP contribution in [0, 0.1) is 0 Å². The maximum atomic E-state index is 10.6. The van der Waals surface area contributed by atoms with Crippen molar-refractivity contribution in [2.45, 2.75) is 43.8 Å². The van der Waals surface area contributed by atoms with Gasteiger partial charge in [0.05, 0.1) is 17.9 Å². The summed E-state index contributed by atoms with van der Waals surface area (Å²) in [4.78, 5) is 0. The van der Waals surface area contributed by atoms with E-state index in [2.05, 4.69) is 5.10 Å². The van der Waals surface area contributed by atoms with Gasteiger partial charge in [-0.05, 0) is 18.4 Å². The third-order valence-corrected chi connectivity index (χ3v) is 3.48.